The van der Waals surface area contributed by atoms with Crippen molar-refractivity contribution >= 4 is 11.8 Å². The van der Waals surface area contributed by atoms with Crippen LogP contribution in [0.1, 0.15) is 25.7 Å². The van der Waals surface area contributed by atoms with Crippen LogP contribution in [-0.2, 0) is 9.59 Å². The largest absolute Gasteiger partial charge is 0.471 e. The molecule has 0 aromatic heterocycles. The average Bonchev–Trinajstić information content (AvgIpc) is 2.44. The quantitative estimate of drug-likeness (QED) is 0.717. The summed E-state index contributed by atoms with van der Waals surface area (Å²) in [5.74, 6) is -1.67. The standard InChI is InChI=1S/C13H22F3N3O2/c1-17-6-2-3-11(20)18-9-10-4-7-19(8-5-10)12(21)13(14,15)16/h10,17H,2-9H2,1H3,(H,18,20). The zero-order chi connectivity index (χ0) is 15.9. The summed E-state index contributed by atoms with van der Waals surface area (Å²) in [6.45, 7) is 1.43. The summed E-state index contributed by atoms with van der Waals surface area (Å²) in [4.78, 5) is 23.4. The van der Waals surface area contributed by atoms with Crippen LogP contribution in [-0.4, -0.2) is 56.1 Å². The molecule has 0 bridgehead atoms. The monoisotopic (exact) mass is 309 g/mol. The van der Waals surface area contributed by atoms with Gasteiger partial charge in [0, 0.05) is 26.1 Å². The number of hydrogen-bond donors (Lipinski definition) is 2. The van der Waals surface area contributed by atoms with Gasteiger partial charge in [0.05, 0.1) is 0 Å². The fourth-order valence-electron chi connectivity index (χ4n) is 2.29. The predicted molar refractivity (Wildman–Crippen MR) is 71.5 cm³/mol. The Bertz CT molecular complexity index is 353. The Labute approximate surface area is 122 Å². The molecule has 2 N–H and O–H groups in total. The van der Waals surface area contributed by atoms with E-state index in [1.165, 1.54) is 0 Å². The van der Waals surface area contributed by atoms with Crippen molar-refractivity contribution in [2.75, 3.05) is 33.2 Å². The van der Waals surface area contributed by atoms with E-state index < -0.39 is 12.1 Å². The van der Waals surface area contributed by atoms with Crippen molar-refractivity contribution in [3.05, 3.63) is 0 Å². The maximum absolute atomic E-state index is 12.3. The molecule has 0 atom stereocenters. The van der Waals surface area contributed by atoms with Gasteiger partial charge in [-0.3, -0.25) is 9.59 Å². The number of carbonyl (C=O) groups is 2. The third-order valence-corrected chi connectivity index (χ3v) is 3.56. The Hall–Kier alpha value is -1.31. The minimum absolute atomic E-state index is 0.0425. The highest BCUT2D eigenvalue weighted by molar-refractivity contribution is 5.81. The van der Waals surface area contributed by atoms with Crippen LogP contribution < -0.4 is 10.6 Å². The van der Waals surface area contributed by atoms with Crippen molar-refractivity contribution in [2.24, 2.45) is 5.92 Å². The normalized spacial score (nSPS) is 16.9. The van der Waals surface area contributed by atoms with Crippen molar-refractivity contribution in [3.8, 4) is 0 Å². The second-order valence-corrected chi connectivity index (χ2v) is 5.24. The van der Waals surface area contributed by atoms with Gasteiger partial charge in [-0.2, -0.15) is 13.2 Å². The molecule has 1 fully saturated rings. The van der Waals surface area contributed by atoms with Crippen LogP contribution in [0.4, 0.5) is 13.2 Å². The number of nitrogens with zero attached hydrogens (tertiary/aromatic N) is 1. The molecule has 8 heteroatoms. The van der Waals surface area contributed by atoms with Crippen LogP contribution in [0.25, 0.3) is 0 Å². The fourth-order valence-corrected chi connectivity index (χ4v) is 2.29. The smallest absolute Gasteiger partial charge is 0.356 e. The van der Waals surface area contributed by atoms with Crippen LogP contribution in [0.15, 0.2) is 0 Å². The van der Waals surface area contributed by atoms with Crippen LogP contribution >= 0.6 is 0 Å². The zero-order valence-electron chi connectivity index (χ0n) is 12.1. The SMILES string of the molecule is CNCCCC(=O)NCC1CCN(C(=O)C(F)(F)F)CC1. The molecule has 1 rings (SSSR count). The summed E-state index contributed by atoms with van der Waals surface area (Å²) in [7, 11) is 1.81. The number of likely N-dealkylation sites (tertiary alicyclic amines) is 1. The van der Waals surface area contributed by atoms with E-state index in [2.05, 4.69) is 10.6 Å². The lowest BCUT2D eigenvalue weighted by Crippen LogP contribution is -2.46. The highest BCUT2D eigenvalue weighted by atomic mass is 19.4. The van der Waals surface area contributed by atoms with Gasteiger partial charge in [-0.05, 0) is 38.8 Å². The van der Waals surface area contributed by atoms with E-state index in [1.807, 2.05) is 7.05 Å². The summed E-state index contributed by atoms with van der Waals surface area (Å²) in [6, 6.07) is 0. The van der Waals surface area contributed by atoms with Crippen molar-refractivity contribution in [1.82, 2.24) is 15.5 Å². The van der Waals surface area contributed by atoms with Gasteiger partial charge < -0.3 is 15.5 Å². The zero-order valence-corrected chi connectivity index (χ0v) is 12.1. The Kier molecular flexibility index (Phi) is 6.94. The molecule has 21 heavy (non-hydrogen) atoms. The number of hydrogen-bond acceptors (Lipinski definition) is 3. The summed E-state index contributed by atoms with van der Waals surface area (Å²) in [5.41, 5.74) is 0. The van der Waals surface area contributed by atoms with Crippen LogP contribution in [0.5, 0.6) is 0 Å². The molecule has 0 aliphatic carbocycles. The van der Waals surface area contributed by atoms with Crippen LogP contribution in [0, 0.1) is 5.92 Å². The highest BCUT2D eigenvalue weighted by Gasteiger charge is 2.43. The number of rotatable bonds is 6. The molecule has 1 aliphatic rings. The highest BCUT2D eigenvalue weighted by Crippen LogP contribution is 2.23. The maximum atomic E-state index is 12.3. The minimum Gasteiger partial charge on any atom is -0.356 e. The van der Waals surface area contributed by atoms with E-state index in [4.69, 9.17) is 0 Å². The van der Waals surface area contributed by atoms with Gasteiger partial charge in [-0.15, -0.1) is 0 Å². The predicted octanol–water partition coefficient (Wildman–Crippen LogP) is 0.903. The molecule has 0 unspecified atom stereocenters. The van der Waals surface area contributed by atoms with Gasteiger partial charge in [0.2, 0.25) is 5.91 Å². The average molecular weight is 309 g/mol. The Morgan fingerprint density at radius 2 is 1.86 bits per heavy atom. The third-order valence-electron chi connectivity index (χ3n) is 3.56. The molecular weight excluding hydrogens is 287 g/mol. The number of carbonyl (C=O) groups excluding carboxylic acids is 2. The number of nitrogens with one attached hydrogen (secondary N) is 2. The van der Waals surface area contributed by atoms with Crippen molar-refractivity contribution in [1.29, 1.82) is 0 Å². The minimum atomic E-state index is -4.80. The maximum Gasteiger partial charge on any atom is 0.471 e. The molecule has 2 amide bonds. The first-order chi connectivity index (χ1) is 9.84. The first-order valence-corrected chi connectivity index (χ1v) is 7.12. The second kappa shape index (κ2) is 8.21. The van der Waals surface area contributed by atoms with Gasteiger partial charge >= 0.3 is 12.1 Å². The van der Waals surface area contributed by atoms with Gasteiger partial charge in [-0.1, -0.05) is 0 Å². The first-order valence-electron chi connectivity index (χ1n) is 7.12. The molecule has 0 radical (unpaired) electrons. The van der Waals surface area contributed by atoms with E-state index in [9.17, 15) is 22.8 Å². The summed E-state index contributed by atoms with van der Waals surface area (Å²) < 4.78 is 36.8. The molecule has 1 aliphatic heterocycles. The van der Waals surface area contributed by atoms with Gasteiger partial charge in [0.1, 0.15) is 0 Å². The fraction of sp³-hybridized carbons (Fsp3) is 0.846. The van der Waals surface area contributed by atoms with Crippen LogP contribution in [0.3, 0.4) is 0 Å². The summed E-state index contributed by atoms with van der Waals surface area (Å²) >= 11 is 0. The molecule has 1 saturated heterocycles. The number of alkyl halides is 3. The number of piperidine rings is 1. The summed E-state index contributed by atoms with van der Waals surface area (Å²) in [6.07, 6.45) is -2.64. The van der Waals surface area contributed by atoms with Crippen molar-refractivity contribution < 1.29 is 22.8 Å². The van der Waals surface area contributed by atoms with Gasteiger partial charge in [0.15, 0.2) is 0 Å². The molecule has 5 nitrogen and oxygen atoms in total. The molecule has 0 aromatic carbocycles. The second-order valence-electron chi connectivity index (χ2n) is 5.24. The van der Waals surface area contributed by atoms with Crippen molar-refractivity contribution in [3.63, 3.8) is 0 Å². The molecule has 0 saturated carbocycles. The molecule has 0 aromatic rings. The van der Waals surface area contributed by atoms with E-state index in [0.717, 1.165) is 17.9 Å². The van der Waals surface area contributed by atoms with E-state index in [1.54, 1.807) is 0 Å². The third kappa shape index (κ3) is 6.33. The lowest BCUT2D eigenvalue weighted by molar-refractivity contribution is -0.186. The molecule has 1 heterocycles. The summed E-state index contributed by atoms with van der Waals surface area (Å²) in [5, 5.41) is 5.74. The lowest BCUT2D eigenvalue weighted by atomic mass is 9.96. The van der Waals surface area contributed by atoms with Gasteiger partial charge in [0.25, 0.3) is 0 Å². The Morgan fingerprint density at radius 3 is 2.38 bits per heavy atom. The molecule has 122 valence electrons. The van der Waals surface area contributed by atoms with E-state index in [-0.39, 0.29) is 24.9 Å². The van der Waals surface area contributed by atoms with E-state index >= 15 is 0 Å². The number of halogens is 3. The topological polar surface area (TPSA) is 61.4 Å². The van der Waals surface area contributed by atoms with Crippen LogP contribution in [0.2, 0.25) is 0 Å². The molecule has 0 spiro atoms. The molecular formula is C13H22F3N3O2. The lowest BCUT2D eigenvalue weighted by Gasteiger charge is -2.32. The Morgan fingerprint density at radius 1 is 1.24 bits per heavy atom. The van der Waals surface area contributed by atoms with Gasteiger partial charge in [-0.25, -0.2) is 0 Å². The van der Waals surface area contributed by atoms with Crippen molar-refractivity contribution in [2.45, 2.75) is 31.9 Å². The first kappa shape index (κ1) is 17.7. The van der Waals surface area contributed by atoms with E-state index in [0.29, 0.717) is 25.8 Å². The number of amides is 2. The Balaban J connectivity index is 2.22.